The SMILES string of the molecule is CC(C)COc1ccc(C(Cl)(Cl)Cl)cc1. The quantitative estimate of drug-likeness (QED) is 0.730. The molecule has 1 rings (SSSR count). The van der Waals surface area contributed by atoms with Gasteiger partial charge >= 0.3 is 0 Å². The Hall–Kier alpha value is -0.110. The third kappa shape index (κ3) is 4.50. The summed E-state index contributed by atoms with van der Waals surface area (Å²) in [5.41, 5.74) is 0.643. The van der Waals surface area contributed by atoms with Crippen molar-refractivity contribution in [3.63, 3.8) is 0 Å². The van der Waals surface area contributed by atoms with Gasteiger partial charge in [-0.25, -0.2) is 0 Å². The monoisotopic (exact) mass is 266 g/mol. The molecule has 0 aliphatic heterocycles. The van der Waals surface area contributed by atoms with Crippen molar-refractivity contribution in [1.29, 1.82) is 0 Å². The Bertz CT molecular complexity index is 301. The fraction of sp³-hybridized carbons (Fsp3) is 0.455. The largest absolute Gasteiger partial charge is 0.493 e. The van der Waals surface area contributed by atoms with Crippen molar-refractivity contribution in [3.05, 3.63) is 29.8 Å². The van der Waals surface area contributed by atoms with Crippen LogP contribution in [0.1, 0.15) is 19.4 Å². The van der Waals surface area contributed by atoms with E-state index in [0.29, 0.717) is 18.1 Å². The van der Waals surface area contributed by atoms with Gasteiger partial charge in [0, 0.05) is 5.56 Å². The molecule has 1 nitrogen and oxygen atoms in total. The van der Waals surface area contributed by atoms with Crippen molar-refractivity contribution in [2.24, 2.45) is 5.92 Å². The molecule has 0 heterocycles. The smallest absolute Gasteiger partial charge is 0.216 e. The standard InChI is InChI=1S/C11H13Cl3O/c1-8(2)7-15-10-5-3-9(4-6-10)11(12,13)14/h3-6,8H,7H2,1-2H3. The molecule has 1 aromatic rings. The lowest BCUT2D eigenvalue weighted by Crippen LogP contribution is -2.05. The Morgan fingerprint density at radius 1 is 1.13 bits per heavy atom. The molecule has 0 aliphatic carbocycles. The number of hydrogen-bond acceptors (Lipinski definition) is 1. The second-order valence-corrected chi connectivity index (χ2v) is 6.01. The fourth-order valence-electron chi connectivity index (χ4n) is 1.00. The first kappa shape index (κ1) is 13.0. The second-order valence-electron chi connectivity index (χ2n) is 3.73. The minimum absolute atomic E-state index is 0.498. The van der Waals surface area contributed by atoms with Crippen LogP contribution in [0.15, 0.2) is 24.3 Å². The van der Waals surface area contributed by atoms with E-state index < -0.39 is 3.79 Å². The van der Waals surface area contributed by atoms with Crippen molar-refractivity contribution in [2.45, 2.75) is 17.6 Å². The van der Waals surface area contributed by atoms with E-state index in [2.05, 4.69) is 13.8 Å². The maximum absolute atomic E-state index is 5.73. The minimum Gasteiger partial charge on any atom is -0.493 e. The van der Waals surface area contributed by atoms with Gasteiger partial charge in [0.2, 0.25) is 3.79 Å². The molecule has 0 bridgehead atoms. The normalized spacial score (nSPS) is 11.9. The molecule has 0 saturated heterocycles. The maximum atomic E-state index is 5.73. The van der Waals surface area contributed by atoms with Crippen LogP contribution in [0.5, 0.6) is 5.75 Å². The summed E-state index contributed by atoms with van der Waals surface area (Å²) in [6.45, 7) is 4.87. The van der Waals surface area contributed by atoms with Gasteiger partial charge in [-0.15, -0.1) is 0 Å². The summed E-state index contributed by atoms with van der Waals surface area (Å²) in [7, 11) is 0. The Morgan fingerprint density at radius 3 is 2.07 bits per heavy atom. The average Bonchev–Trinajstić information content (AvgIpc) is 2.14. The first-order chi connectivity index (χ1) is 6.89. The van der Waals surface area contributed by atoms with E-state index in [1.807, 2.05) is 0 Å². The van der Waals surface area contributed by atoms with Crippen molar-refractivity contribution in [3.8, 4) is 5.75 Å². The van der Waals surface area contributed by atoms with E-state index in [-0.39, 0.29) is 0 Å². The van der Waals surface area contributed by atoms with E-state index >= 15 is 0 Å². The lowest BCUT2D eigenvalue weighted by atomic mass is 10.2. The van der Waals surface area contributed by atoms with Gasteiger partial charge in [-0.2, -0.15) is 0 Å². The highest BCUT2D eigenvalue weighted by molar-refractivity contribution is 6.66. The molecule has 0 aromatic heterocycles. The zero-order chi connectivity index (χ0) is 11.5. The molecule has 0 spiro atoms. The molecule has 0 saturated carbocycles. The number of alkyl halides is 3. The number of hydrogen-bond donors (Lipinski definition) is 0. The number of benzene rings is 1. The third-order valence-corrected chi connectivity index (χ3v) is 2.42. The van der Waals surface area contributed by atoms with Gasteiger partial charge in [-0.05, 0) is 18.1 Å². The molecule has 0 unspecified atom stereocenters. The first-order valence-corrected chi connectivity index (χ1v) is 5.83. The molecular weight excluding hydrogens is 254 g/mol. The molecule has 0 N–H and O–H groups in total. The number of ether oxygens (including phenoxy) is 1. The zero-order valence-corrected chi connectivity index (χ0v) is 10.9. The highest BCUT2D eigenvalue weighted by atomic mass is 35.6. The third-order valence-electron chi connectivity index (χ3n) is 1.76. The summed E-state index contributed by atoms with van der Waals surface area (Å²) in [4.78, 5) is 0. The van der Waals surface area contributed by atoms with E-state index in [9.17, 15) is 0 Å². The van der Waals surface area contributed by atoms with Crippen molar-refractivity contribution >= 4 is 34.8 Å². The topological polar surface area (TPSA) is 9.23 Å². The second kappa shape index (κ2) is 5.29. The molecule has 15 heavy (non-hydrogen) atoms. The zero-order valence-electron chi connectivity index (χ0n) is 8.64. The van der Waals surface area contributed by atoms with Crippen molar-refractivity contribution in [1.82, 2.24) is 0 Å². The summed E-state index contributed by atoms with van der Waals surface area (Å²) in [6, 6.07) is 7.12. The van der Waals surface area contributed by atoms with Crippen LogP contribution in [0.3, 0.4) is 0 Å². The molecule has 0 radical (unpaired) electrons. The number of halogens is 3. The van der Waals surface area contributed by atoms with Crippen LogP contribution >= 0.6 is 34.8 Å². The lowest BCUT2D eigenvalue weighted by molar-refractivity contribution is 0.271. The Morgan fingerprint density at radius 2 is 1.67 bits per heavy atom. The molecule has 4 heteroatoms. The molecule has 84 valence electrons. The summed E-state index contributed by atoms with van der Waals surface area (Å²) in [6.07, 6.45) is 0. The fourth-order valence-corrected chi connectivity index (χ4v) is 1.38. The highest BCUT2D eigenvalue weighted by Crippen LogP contribution is 2.38. The van der Waals surface area contributed by atoms with E-state index in [0.717, 1.165) is 5.75 Å². The molecule has 0 atom stereocenters. The van der Waals surface area contributed by atoms with Gasteiger partial charge in [-0.3, -0.25) is 0 Å². The lowest BCUT2D eigenvalue weighted by Gasteiger charge is -2.12. The molecular formula is C11H13Cl3O. The predicted octanol–water partition coefficient (Wildman–Crippen LogP) is 4.55. The van der Waals surface area contributed by atoms with E-state index in [1.165, 1.54) is 0 Å². The van der Waals surface area contributed by atoms with Crippen LogP contribution in [0.4, 0.5) is 0 Å². The Labute approximate surface area is 105 Å². The minimum atomic E-state index is -1.36. The van der Waals surface area contributed by atoms with E-state index in [1.54, 1.807) is 24.3 Å². The summed E-state index contributed by atoms with van der Waals surface area (Å²) >= 11 is 17.2. The maximum Gasteiger partial charge on any atom is 0.216 e. The van der Waals surface area contributed by atoms with Crippen LogP contribution in [0.25, 0.3) is 0 Å². The van der Waals surface area contributed by atoms with E-state index in [4.69, 9.17) is 39.5 Å². The van der Waals surface area contributed by atoms with Crippen LogP contribution in [0, 0.1) is 5.92 Å². The van der Waals surface area contributed by atoms with Gasteiger partial charge in [0.05, 0.1) is 6.61 Å². The first-order valence-electron chi connectivity index (χ1n) is 4.69. The van der Waals surface area contributed by atoms with Gasteiger partial charge in [0.25, 0.3) is 0 Å². The summed E-state index contributed by atoms with van der Waals surface area (Å²) < 4.78 is 4.14. The summed E-state index contributed by atoms with van der Waals surface area (Å²) in [5.74, 6) is 1.29. The van der Waals surface area contributed by atoms with Crippen LogP contribution in [0.2, 0.25) is 0 Å². The average molecular weight is 268 g/mol. The van der Waals surface area contributed by atoms with Gasteiger partial charge in [-0.1, -0.05) is 60.8 Å². The van der Waals surface area contributed by atoms with Crippen molar-refractivity contribution < 1.29 is 4.74 Å². The highest BCUT2D eigenvalue weighted by Gasteiger charge is 2.22. The van der Waals surface area contributed by atoms with Crippen LogP contribution in [-0.4, -0.2) is 6.61 Å². The Kier molecular flexibility index (Phi) is 4.57. The predicted molar refractivity (Wildman–Crippen MR) is 66.0 cm³/mol. The Balaban J connectivity index is 2.65. The van der Waals surface area contributed by atoms with Gasteiger partial charge in [0.1, 0.15) is 5.75 Å². The van der Waals surface area contributed by atoms with Crippen LogP contribution in [-0.2, 0) is 3.79 Å². The molecule has 0 amide bonds. The number of rotatable bonds is 3. The molecule has 0 aliphatic rings. The summed E-state index contributed by atoms with van der Waals surface area (Å²) in [5, 5.41) is 0. The molecule has 0 fully saturated rings. The molecule has 1 aromatic carbocycles. The van der Waals surface area contributed by atoms with Gasteiger partial charge < -0.3 is 4.74 Å². The van der Waals surface area contributed by atoms with Crippen molar-refractivity contribution in [2.75, 3.05) is 6.61 Å². The van der Waals surface area contributed by atoms with Gasteiger partial charge in [0.15, 0.2) is 0 Å². The van der Waals surface area contributed by atoms with Crippen LogP contribution < -0.4 is 4.74 Å².